The van der Waals surface area contributed by atoms with E-state index >= 15 is 0 Å². The summed E-state index contributed by atoms with van der Waals surface area (Å²) >= 11 is 0. The van der Waals surface area contributed by atoms with Crippen molar-refractivity contribution in [1.82, 2.24) is 0 Å². The predicted molar refractivity (Wildman–Crippen MR) is 45.5 cm³/mol. The molecule has 0 atom stereocenters. The summed E-state index contributed by atoms with van der Waals surface area (Å²) in [5.41, 5.74) is -0.895. The minimum Gasteiger partial charge on any atom is -0.412 e. The number of Topliss-reactive ketones (excluding diaryl/α,β-unsaturated/α-hetero) is 1. The van der Waals surface area contributed by atoms with Gasteiger partial charge in [-0.1, -0.05) is 12.1 Å². The third kappa shape index (κ3) is 3.17. The van der Waals surface area contributed by atoms with Gasteiger partial charge in [-0.15, -0.1) is 0 Å². The number of hydrogen-bond acceptors (Lipinski definition) is 2. The topological polar surface area (TPSA) is 65.6 Å². The van der Waals surface area contributed by atoms with Crippen LogP contribution in [0, 0.1) is 0 Å². The van der Waals surface area contributed by atoms with E-state index in [2.05, 4.69) is 0 Å². The Hall–Kier alpha value is -1.69. The molecule has 0 aliphatic carbocycles. The number of alkyl halides is 3. The Bertz CT molecular complexity index is 354. The maximum atomic E-state index is 12.0. The highest BCUT2D eigenvalue weighted by molar-refractivity contribution is 6.33. The van der Waals surface area contributed by atoms with Crippen LogP contribution in [0.25, 0.3) is 0 Å². The standard InChI is InChI=1S/C9H5F3O2.H2O/c10-9(11,12)7-3-1-6(2-4-7)8(14)5-13;/h1-5H;1H2. The molecule has 0 fully saturated rings. The largest absolute Gasteiger partial charge is 0.416 e. The Balaban J connectivity index is 0.00000196. The van der Waals surface area contributed by atoms with E-state index in [1.807, 2.05) is 0 Å². The molecule has 1 rings (SSSR count). The molecule has 0 aromatic heterocycles. The van der Waals surface area contributed by atoms with E-state index < -0.39 is 17.5 Å². The summed E-state index contributed by atoms with van der Waals surface area (Å²) in [4.78, 5) is 20.7. The van der Waals surface area contributed by atoms with E-state index in [0.29, 0.717) is 0 Å². The van der Waals surface area contributed by atoms with Crippen molar-refractivity contribution >= 4 is 12.1 Å². The number of halogens is 3. The van der Waals surface area contributed by atoms with Crippen molar-refractivity contribution in [1.29, 1.82) is 0 Å². The van der Waals surface area contributed by atoms with Gasteiger partial charge in [-0.25, -0.2) is 0 Å². The molecule has 1 aromatic carbocycles. The van der Waals surface area contributed by atoms with Crippen molar-refractivity contribution < 1.29 is 28.2 Å². The van der Waals surface area contributed by atoms with Crippen LogP contribution in [0.3, 0.4) is 0 Å². The van der Waals surface area contributed by atoms with Crippen molar-refractivity contribution in [3.63, 3.8) is 0 Å². The third-order valence-electron chi connectivity index (χ3n) is 1.60. The summed E-state index contributed by atoms with van der Waals surface area (Å²) in [7, 11) is 0. The van der Waals surface area contributed by atoms with Crippen molar-refractivity contribution in [2.75, 3.05) is 0 Å². The van der Waals surface area contributed by atoms with Crippen molar-refractivity contribution in [2.24, 2.45) is 0 Å². The average molecular weight is 220 g/mol. The number of carbonyl (C=O) groups excluding carboxylic acids is 2. The van der Waals surface area contributed by atoms with Crippen molar-refractivity contribution in [3.05, 3.63) is 35.4 Å². The summed E-state index contributed by atoms with van der Waals surface area (Å²) < 4.78 is 36.1. The minimum absolute atomic E-state index is 0. The number of hydrogen-bond donors (Lipinski definition) is 0. The van der Waals surface area contributed by atoms with Gasteiger partial charge in [0.25, 0.3) is 0 Å². The van der Waals surface area contributed by atoms with E-state index in [0.717, 1.165) is 24.3 Å². The molecule has 0 unspecified atom stereocenters. The summed E-state index contributed by atoms with van der Waals surface area (Å²) in [5.74, 6) is -0.835. The Kier molecular flexibility index (Phi) is 4.17. The zero-order valence-electron chi connectivity index (χ0n) is 7.34. The highest BCUT2D eigenvalue weighted by atomic mass is 19.4. The average Bonchev–Trinajstić information content (AvgIpc) is 2.15. The molecule has 0 radical (unpaired) electrons. The lowest BCUT2D eigenvalue weighted by Crippen LogP contribution is -2.06. The molecule has 82 valence electrons. The summed E-state index contributed by atoms with van der Waals surface area (Å²) in [5, 5.41) is 0. The normalized spacial score (nSPS) is 10.3. The van der Waals surface area contributed by atoms with E-state index in [9.17, 15) is 22.8 Å². The molecular weight excluding hydrogens is 213 g/mol. The van der Waals surface area contributed by atoms with Gasteiger partial charge in [0.05, 0.1) is 5.56 Å². The van der Waals surface area contributed by atoms with Crippen LogP contribution in [0.15, 0.2) is 24.3 Å². The lowest BCUT2D eigenvalue weighted by molar-refractivity contribution is -0.137. The summed E-state index contributed by atoms with van der Waals surface area (Å²) in [6.07, 6.45) is -4.37. The van der Waals surface area contributed by atoms with Crippen LogP contribution < -0.4 is 0 Å². The van der Waals surface area contributed by atoms with E-state index in [1.165, 1.54) is 0 Å². The van der Waals surface area contributed by atoms with Crippen molar-refractivity contribution in [3.8, 4) is 0 Å². The first-order valence-corrected chi connectivity index (χ1v) is 3.62. The molecule has 1 aromatic rings. The lowest BCUT2D eigenvalue weighted by Gasteiger charge is -2.05. The molecule has 2 N–H and O–H groups in total. The Labute approximate surface area is 82.8 Å². The summed E-state index contributed by atoms with van der Waals surface area (Å²) in [6.45, 7) is 0. The molecule has 0 aliphatic rings. The zero-order valence-corrected chi connectivity index (χ0v) is 7.34. The number of aldehydes is 1. The Morgan fingerprint density at radius 3 is 1.93 bits per heavy atom. The number of benzene rings is 1. The highest BCUT2D eigenvalue weighted by Gasteiger charge is 2.30. The molecule has 0 saturated carbocycles. The van der Waals surface area contributed by atoms with Gasteiger partial charge in [0, 0.05) is 5.56 Å². The Morgan fingerprint density at radius 1 is 1.13 bits per heavy atom. The van der Waals surface area contributed by atoms with E-state index in [-0.39, 0.29) is 17.3 Å². The first-order valence-electron chi connectivity index (χ1n) is 3.62. The second-order valence-electron chi connectivity index (χ2n) is 2.56. The third-order valence-corrected chi connectivity index (χ3v) is 1.60. The van der Waals surface area contributed by atoms with Gasteiger partial charge in [0.2, 0.25) is 5.78 Å². The molecule has 0 amide bonds. The fraction of sp³-hybridized carbons (Fsp3) is 0.111. The number of rotatable bonds is 2. The molecule has 15 heavy (non-hydrogen) atoms. The summed E-state index contributed by atoms with van der Waals surface area (Å²) in [6, 6.07) is 3.46. The van der Waals surface area contributed by atoms with Gasteiger partial charge in [0.1, 0.15) is 0 Å². The highest BCUT2D eigenvalue weighted by Crippen LogP contribution is 2.28. The maximum Gasteiger partial charge on any atom is 0.416 e. The van der Waals surface area contributed by atoms with Crippen LogP contribution in [-0.2, 0) is 11.0 Å². The molecular formula is C9H7F3O3. The van der Waals surface area contributed by atoms with Crippen LogP contribution in [-0.4, -0.2) is 17.5 Å². The van der Waals surface area contributed by atoms with Crippen LogP contribution in [0.2, 0.25) is 0 Å². The van der Waals surface area contributed by atoms with Crippen LogP contribution in [0.4, 0.5) is 13.2 Å². The predicted octanol–water partition coefficient (Wildman–Crippen LogP) is 1.26. The second-order valence-corrected chi connectivity index (χ2v) is 2.56. The first kappa shape index (κ1) is 13.3. The molecule has 3 nitrogen and oxygen atoms in total. The fourth-order valence-corrected chi connectivity index (χ4v) is 0.892. The first-order chi connectivity index (χ1) is 6.45. The SMILES string of the molecule is O.O=CC(=O)c1ccc(C(F)(F)F)cc1. The zero-order chi connectivity index (χ0) is 10.8. The number of ketones is 1. The molecule has 0 aliphatic heterocycles. The fourth-order valence-electron chi connectivity index (χ4n) is 0.892. The van der Waals surface area contributed by atoms with Gasteiger partial charge >= 0.3 is 6.18 Å². The van der Waals surface area contributed by atoms with Gasteiger partial charge in [-0.3, -0.25) is 9.59 Å². The van der Waals surface area contributed by atoms with Crippen LogP contribution in [0.1, 0.15) is 15.9 Å². The monoisotopic (exact) mass is 220 g/mol. The minimum atomic E-state index is -4.43. The van der Waals surface area contributed by atoms with E-state index in [4.69, 9.17) is 0 Å². The van der Waals surface area contributed by atoms with Gasteiger partial charge < -0.3 is 5.48 Å². The lowest BCUT2D eigenvalue weighted by atomic mass is 10.1. The van der Waals surface area contributed by atoms with E-state index in [1.54, 1.807) is 0 Å². The Morgan fingerprint density at radius 2 is 1.60 bits per heavy atom. The van der Waals surface area contributed by atoms with Crippen LogP contribution in [0.5, 0.6) is 0 Å². The molecule has 0 saturated heterocycles. The maximum absolute atomic E-state index is 12.0. The molecule has 0 spiro atoms. The molecule has 0 heterocycles. The van der Waals surface area contributed by atoms with Gasteiger partial charge in [-0.05, 0) is 12.1 Å². The quantitative estimate of drug-likeness (QED) is 0.428. The smallest absolute Gasteiger partial charge is 0.412 e. The van der Waals surface area contributed by atoms with Gasteiger partial charge in [0.15, 0.2) is 6.29 Å². The molecule has 6 heteroatoms. The number of carbonyl (C=O) groups is 2. The van der Waals surface area contributed by atoms with Gasteiger partial charge in [-0.2, -0.15) is 13.2 Å². The molecule has 0 bridgehead atoms. The van der Waals surface area contributed by atoms with Crippen molar-refractivity contribution in [2.45, 2.75) is 6.18 Å². The van der Waals surface area contributed by atoms with Crippen LogP contribution >= 0.6 is 0 Å². The second kappa shape index (κ2) is 4.70.